The number of phenolic OH excluding ortho intramolecular Hbond substituents is 1. The Morgan fingerprint density at radius 1 is 1.26 bits per heavy atom. The van der Waals surface area contributed by atoms with Gasteiger partial charge in [0.25, 0.3) is 0 Å². The molecule has 0 aliphatic heterocycles. The van der Waals surface area contributed by atoms with Crippen molar-refractivity contribution in [3.8, 4) is 5.75 Å². The fourth-order valence-corrected chi connectivity index (χ4v) is 1.85. The lowest BCUT2D eigenvalue weighted by atomic mass is 10.1. The number of carboxylic acids is 1. The third-order valence-electron chi connectivity index (χ3n) is 2.77. The minimum absolute atomic E-state index is 0.163. The van der Waals surface area contributed by atoms with Gasteiger partial charge in [0.1, 0.15) is 12.3 Å². The second-order valence-electron chi connectivity index (χ2n) is 4.34. The van der Waals surface area contributed by atoms with E-state index in [0.29, 0.717) is 18.5 Å². The highest BCUT2D eigenvalue weighted by atomic mass is 16.4. The third-order valence-corrected chi connectivity index (χ3v) is 2.77. The molecule has 1 amide bonds. The van der Waals surface area contributed by atoms with Crippen molar-refractivity contribution < 1.29 is 19.8 Å². The molecular weight excluding hydrogens is 246 g/mol. The third kappa shape index (κ3) is 4.99. The number of benzene rings is 1. The van der Waals surface area contributed by atoms with Gasteiger partial charge in [-0.2, -0.15) is 0 Å². The molecule has 0 atom stereocenters. The monoisotopic (exact) mass is 265 g/mol. The number of carboxylic acid groups (broad SMARTS) is 1. The van der Waals surface area contributed by atoms with Crippen molar-refractivity contribution >= 4 is 11.9 Å². The first-order chi connectivity index (χ1) is 9.04. The zero-order valence-electron chi connectivity index (χ0n) is 11.0. The minimum atomic E-state index is -1.01. The molecule has 104 valence electrons. The smallest absolute Gasteiger partial charge is 0.323 e. The van der Waals surface area contributed by atoms with Crippen LogP contribution < -0.4 is 0 Å². The fourth-order valence-electron chi connectivity index (χ4n) is 1.85. The summed E-state index contributed by atoms with van der Waals surface area (Å²) < 4.78 is 0. The first kappa shape index (κ1) is 15.0. The fraction of sp³-hybridized carbons (Fsp3) is 0.429. The van der Waals surface area contributed by atoms with E-state index >= 15 is 0 Å². The number of hydrogen-bond acceptors (Lipinski definition) is 3. The SMILES string of the molecule is CCCN(CC(=O)O)C(=O)CCc1ccccc1O. The van der Waals surface area contributed by atoms with Crippen LogP contribution in [0.4, 0.5) is 0 Å². The van der Waals surface area contributed by atoms with Crippen LogP contribution in [0.5, 0.6) is 5.75 Å². The Kier molecular flexibility index (Phi) is 5.85. The topological polar surface area (TPSA) is 77.8 Å². The van der Waals surface area contributed by atoms with Gasteiger partial charge in [-0.15, -0.1) is 0 Å². The number of phenols is 1. The quantitative estimate of drug-likeness (QED) is 0.785. The van der Waals surface area contributed by atoms with Gasteiger partial charge in [-0.25, -0.2) is 0 Å². The standard InChI is InChI=1S/C14H19NO4/c1-2-9-15(10-14(18)19)13(17)8-7-11-5-3-4-6-12(11)16/h3-6,16H,2,7-10H2,1H3,(H,18,19). The van der Waals surface area contributed by atoms with Crippen molar-refractivity contribution in [2.45, 2.75) is 26.2 Å². The Morgan fingerprint density at radius 2 is 1.95 bits per heavy atom. The highest BCUT2D eigenvalue weighted by molar-refractivity contribution is 5.81. The van der Waals surface area contributed by atoms with Crippen molar-refractivity contribution in [2.75, 3.05) is 13.1 Å². The highest BCUT2D eigenvalue weighted by Gasteiger charge is 2.16. The molecule has 0 saturated carbocycles. The van der Waals surface area contributed by atoms with E-state index in [9.17, 15) is 14.7 Å². The molecule has 1 aromatic rings. The van der Waals surface area contributed by atoms with E-state index in [-0.39, 0.29) is 24.6 Å². The molecule has 5 nitrogen and oxygen atoms in total. The first-order valence-corrected chi connectivity index (χ1v) is 6.31. The average molecular weight is 265 g/mol. The summed E-state index contributed by atoms with van der Waals surface area (Å²) in [6.45, 7) is 2.06. The van der Waals surface area contributed by atoms with Gasteiger partial charge in [0, 0.05) is 13.0 Å². The maximum absolute atomic E-state index is 11.9. The molecule has 0 aliphatic carbocycles. The van der Waals surface area contributed by atoms with Gasteiger partial charge < -0.3 is 15.1 Å². The normalized spacial score (nSPS) is 10.2. The minimum Gasteiger partial charge on any atom is -0.508 e. The van der Waals surface area contributed by atoms with Crippen LogP contribution in [0.25, 0.3) is 0 Å². The summed E-state index contributed by atoms with van der Waals surface area (Å²) >= 11 is 0. The van der Waals surface area contributed by atoms with E-state index in [2.05, 4.69) is 0 Å². The molecule has 0 aromatic heterocycles. The zero-order valence-corrected chi connectivity index (χ0v) is 11.0. The molecular formula is C14H19NO4. The van der Waals surface area contributed by atoms with Crippen LogP contribution in [0.1, 0.15) is 25.3 Å². The number of carbonyl (C=O) groups is 2. The van der Waals surface area contributed by atoms with Crippen molar-refractivity contribution in [1.29, 1.82) is 0 Å². The van der Waals surface area contributed by atoms with Crippen LogP contribution in [0.2, 0.25) is 0 Å². The van der Waals surface area contributed by atoms with E-state index < -0.39 is 5.97 Å². The number of hydrogen-bond donors (Lipinski definition) is 2. The molecule has 0 unspecified atom stereocenters. The Bertz CT molecular complexity index is 445. The average Bonchev–Trinajstić information content (AvgIpc) is 2.36. The van der Waals surface area contributed by atoms with E-state index in [1.54, 1.807) is 24.3 Å². The Hall–Kier alpha value is -2.04. The molecule has 0 aliphatic rings. The van der Waals surface area contributed by atoms with Gasteiger partial charge in [-0.05, 0) is 24.5 Å². The Labute approximate surface area is 112 Å². The predicted octanol–water partition coefficient (Wildman–Crippen LogP) is 1.65. The predicted molar refractivity (Wildman–Crippen MR) is 70.9 cm³/mol. The molecule has 2 N–H and O–H groups in total. The largest absolute Gasteiger partial charge is 0.508 e. The number of amides is 1. The van der Waals surface area contributed by atoms with Gasteiger partial charge in [-0.3, -0.25) is 9.59 Å². The molecule has 0 saturated heterocycles. The molecule has 19 heavy (non-hydrogen) atoms. The summed E-state index contributed by atoms with van der Waals surface area (Å²) in [6, 6.07) is 6.83. The van der Waals surface area contributed by atoms with Gasteiger partial charge in [0.05, 0.1) is 0 Å². The number of carbonyl (C=O) groups excluding carboxylic acids is 1. The molecule has 1 aromatic carbocycles. The highest BCUT2D eigenvalue weighted by Crippen LogP contribution is 2.17. The second kappa shape index (κ2) is 7.41. The van der Waals surface area contributed by atoms with Crippen LogP contribution in [-0.2, 0) is 16.0 Å². The zero-order chi connectivity index (χ0) is 14.3. The summed E-state index contributed by atoms with van der Waals surface area (Å²) in [7, 11) is 0. The Balaban J connectivity index is 2.57. The lowest BCUT2D eigenvalue weighted by Gasteiger charge is -2.20. The van der Waals surface area contributed by atoms with Crippen LogP contribution in [0, 0.1) is 0 Å². The molecule has 0 radical (unpaired) electrons. The number of aryl methyl sites for hydroxylation is 1. The van der Waals surface area contributed by atoms with Crippen LogP contribution in [0.3, 0.4) is 0 Å². The number of para-hydroxylation sites is 1. The van der Waals surface area contributed by atoms with Crippen LogP contribution in [-0.4, -0.2) is 40.1 Å². The first-order valence-electron chi connectivity index (χ1n) is 6.31. The lowest BCUT2D eigenvalue weighted by molar-refractivity contribution is -0.144. The van der Waals surface area contributed by atoms with Crippen molar-refractivity contribution in [1.82, 2.24) is 4.90 Å². The molecule has 1 rings (SSSR count). The number of aliphatic carboxylic acids is 1. The van der Waals surface area contributed by atoms with Crippen molar-refractivity contribution in [3.63, 3.8) is 0 Å². The van der Waals surface area contributed by atoms with Crippen LogP contribution >= 0.6 is 0 Å². The van der Waals surface area contributed by atoms with E-state index in [4.69, 9.17) is 5.11 Å². The molecule has 0 bridgehead atoms. The number of rotatable bonds is 7. The van der Waals surface area contributed by atoms with Gasteiger partial charge in [0.15, 0.2) is 0 Å². The molecule has 5 heteroatoms. The van der Waals surface area contributed by atoms with Crippen molar-refractivity contribution in [2.24, 2.45) is 0 Å². The lowest BCUT2D eigenvalue weighted by Crippen LogP contribution is -2.36. The van der Waals surface area contributed by atoms with E-state index in [1.807, 2.05) is 6.92 Å². The van der Waals surface area contributed by atoms with Crippen LogP contribution in [0.15, 0.2) is 24.3 Å². The van der Waals surface area contributed by atoms with E-state index in [1.165, 1.54) is 4.90 Å². The summed E-state index contributed by atoms with van der Waals surface area (Å²) in [6.07, 6.45) is 1.33. The molecule has 0 heterocycles. The van der Waals surface area contributed by atoms with Gasteiger partial charge in [0.2, 0.25) is 5.91 Å². The van der Waals surface area contributed by atoms with E-state index in [0.717, 1.165) is 6.42 Å². The summed E-state index contributed by atoms with van der Waals surface area (Å²) in [5.74, 6) is -1.05. The van der Waals surface area contributed by atoms with Crippen molar-refractivity contribution in [3.05, 3.63) is 29.8 Å². The molecule has 0 fully saturated rings. The maximum atomic E-state index is 11.9. The number of nitrogens with zero attached hydrogens (tertiary/aromatic N) is 1. The Morgan fingerprint density at radius 3 is 2.53 bits per heavy atom. The summed E-state index contributed by atoms with van der Waals surface area (Å²) in [4.78, 5) is 24.0. The number of aromatic hydroxyl groups is 1. The van der Waals surface area contributed by atoms with Gasteiger partial charge >= 0.3 is 5.97 Å². The summed E-state index contributed by atoms with van der Waals surface area (Å²) in [5.41, 5.74) is 0.697. The van der Waals surface area contributed by atoms with Gasteiger partial charge in [-0.1, -0.05) is 25.1 Å². The molecule has 0 spiro atoms. The maximum Gasteiger partial charge on any atom is 0.323 e. The summed E-state index contributed by atoms with van der Waals surface area (Å²) in [5, 5.41) is 18.3. The second-order valence-corrected chi connectivity index (χ2v) is 4.34.